The van der Waals surface area contributed by atoms with Gasteiger partial charge in [-0.15, -0.1) is 0 Å². The van der Waals surface area contributed by atoms with Crippen molar-refractivity contribution in [2.45, 2.75) is 38.6 Å². The molecular formula is C17H25NO3. The minimum absolute atomic E-state index is 0.276. The number of fused-ring (bicyclic) bond motifs is 1. The molecule has 1 aromatic carbocycles. The van der Waals surface area contributed by atoms with Crippen molar-refractivity contribution in [1.29, 1.82) is 0 Å². The van der Waals surface area contributed by atoms with Gasteiger partial charge in [0.1, 0.15) is 0 Å². The van der Waals surface area contributed by atoms with Crippen LogP contribution in [0.2, 0.25) is 0 Å². The average molecular weight is 291 g/mol. The molecule has 1 aliphatic heterocycles. The minimum atomic E-state index is 0.276. The number of benzene rings is 1. The van der Waals surface area contributed by atoms with Gasteiger partial charge < -0.3 is 19.9 Å². The van der Waals surface area contributed by atoms with Crippen molar-refractivity contribution in [2.24, 2.45) is 5.41 Å². The van der Waals surface area contributed by atoms with E-state index in [1.165, 1.54) is 18.4 Å². The molecular weight excluding hydrogens is 266 g/mol. The minimum Gasteiger partial charge on any atom is -0.490 e. The molecule has 0 saturated heterocycles. The summed E-state index contributed by atoms with van der Waals surface area (Å²) in [7, 11) is 0. The van der Waals surface area contributed by atoms with E-state index in [1.807, 2.05) is 6.07 Å². The Morgan fingerprint density at radius 3 is 2.71 bits per heavy atom. The molecule has 1 fully saturated rings. The van der Waals surface area contributed by atoms with E-state index < -0.39 is 0 Å². The first-order valence-electron chi connectivity index (χ1n) is 7.96. The summed E-state index contributed by atoms with van der Waals surface area (Å²) in [6, 6.07) is 6.48. The van der Waals surface area contributed by atoms with Crippen molar-refractivity contribution in [3.63, 3.8) is 0 Å². The quantitative estimate of drug-likeness (QED) is 0.846. The number of aliphatic hydroxyl groups is 1. The van der Waals surface area contributed by atoms with Gasteiger partial charge in [-0.05, 0) is 49.3 Å². The maximum atomic E-state index is 9.12. The maximum Gasteiger partial charge on any atom is 0.161 e. The van der Waals surface area contributed by atoms with Gasteiger partial charge in [0.05, 0.1) is 13.2 Å². The van der Waals surface area contributed by atoms with Gasteiger partial charge in [-0.25, -0.2) is 0 Å². The van der Waals surface area contributed by atoms with Gasteiger partial charge in [-0.1, -0.05) is 6.07 Å². The van der Waals surface area contributed by atoms with Gasteiger partial charge in [-0.2, -0.15) is 0 Å². The second kappa shape index (κ2) is 6.24. The first-order chi connectivity index (χ1) is 10.2. The molecule has 0 aromatic heterocycles. The largest absolute Gasteiger partial charge is 0.490 e. The summed E-state index contributed by atoms with van der Waals surface area (Å²) in [5, 5.41) is 12.7. The molecule has 0 bridgehead atoms. The molecule has 116 valence electrons. The molecule has 1 unspecified atom stereocenters. The summed E-state index contributed by atoms with van der Waals surface area (Å²) in [6.45, 7) is 4.89. The number of hydrogen-bond donors (Lipinski definition) is 2. The van der Waals surface area contributed by atoms with Crippen LogP contribution in [0.3, 0.4) is 0 Å². The molecule has 1 saturated carbocycles. The third-order valence-corrected chi connectivity index (χ3v) is 4.65. The fourth-order valence-electron chi connectivity index (χ4n) is 2.87. The molecule has 3 rings (SSSR count). The lowest BCUT2D eigenvalue weighted by molar-refractivity contribution is 0.243. The third-order valence-electron chi connectivity index (χ3n) is 4.65. The molecule has 2 aliphatic rings. The molecule has 0 radical (unpaired) electrons. The average Bonchev–Trinajstić information content (AvgIpc) is 3.28. The van der Waals surface area contributed by atoms with Gasteiger partial charge in [0.2, 0.25) is 0 Å². The summed E-state index contributed by atoms with van der Waals surface area (Å²) in [5.41, 5.74) is 1.56. The lowest BCUT2D eigenvalue weighted by Crippen LogP contribution is -2.27. The fourth-order valence-corrected chi connectivity index (χ4v) is 2.87. The number of ether oxygens (including phenoxy) is 2. The molecule has 1 aliphatic carbocycles. The molecule has 21 heavy (non-hydrogen) atoms. The summed E-state index contributed by atoms with van der Waals surface area (Å²) in [6.07, 6.45) is 4.30. The van der Waals surface area contributed by atoms with Crippen LogP contribution in [0, 0.1) is 5.41 Å². The first-order valence-corrected chi connectivity index (χ1v) is 7.96. The summed E-state index contributed by atoms with van der Waals surface area (Å²) in [4.78, 5) is 0. The third kappa shape index (κ3) is 3.50. The molecule has 1 heterocycles. The molecule has 0 spiro atoms. The van der Waals surface area contributed by atoms with E-state index in [2.05, 4.69) is 24.4 Å². The Morgan fingerprint density at radius 2 is 2.00 bits per heavy atom. The highest BCUT2D eigenvalue weighted by atomic mass is 16.5. The van der Waals surface area contributed by atoms with Crippen LogP contribution in [0.5, 0.6) is 11.5 Å². The molecule has 4 nitrogen and oxygen atoms in total. The van der Waals surface area contributed by atoms with Crippen LogP contribution in [0.25, 0.3) is 0 Å². The van der Waals surface area contributed by atoms with Gasteiger partial charge in [0, 0.05) is 25.6 Å². The summed E-state index contributed by atoms with van der Waals surface area (Å²) in [5.74, 6) is 1.71. The maximum absolute atomic E-state index is 9.12. The predicted octanol–water partition coefficient (Wildman–Crippen LogP) is 2.66. The highest BCUT2D eigenvalue weighted by Gasteiger charge is 2.41. The van der Waals surface area contributed by atoms with Crippen molar-refractivity contribution in [3.05, 3.63) is 23.8 Å². The molecule has 1 aromatic rings. The molecule has 2 N–H and O–H groups in total. The van der Waals surface area contributed by atoms with Crippen molar-refractivity contribution in [3.8, 4) is 11.5 Å². The lowest BCUT2D eigenvalue weighted by atomic mass is 10.0. The second-order valence-electron chi connectivity index (χ2n) is 6.33. The van der Waals surface area contributed by atoms with Crippen molar-refractivity contribution in [2.75, 3.05) is 26.4 Å². The summed E-state index contributed by atoms with van der Waals surface area (Å²) < 4.78 is 11.4. The number of hydrogen-bond acceptors (Lipinski definition) is 4. The highest BCUT2D eigenvalue weighted by Crippen LogP contribution is 2.48. The van der Waals surface area contributed by atoms with Crippen LogP contribution >= 0.6 is 0 Å². The van der Waals surface area contributed by atoms with E-state index >= 15 is 0 Å². The SMILES string of the molecule is CC(NCC1(CCO)CC1)c1ccc2c(c1)OCCCO2. The monoisotopic (exact) mass is 291 g/mol. The van der Waals surface area contributed by atoms with E-state index in [0.717, 1.165) is 44.1 Å². The smallest absolute Gasteiger partial charge is 0.161 e. The van der Waals surface area contributed by atoms with Crippen molar-refractivity contribution >= 4 is 0 Å². The zero-order valence-corrected chi connectivity index (χ0v) is 12.7. The molecule has 0 amide bonds. The van der Waals surface area contributed by atoms with Crippen molar-refractivity contribution < 1.29 is 14.6 Å². The van der Waals surface area contributed by atoms with Crippen LogP contribution in [0.4, 0.5) is 0 Å². The Balaban J connectivity index is 1.62. The summed E-state index contributed by atoms with van der Waals surface area (Å²) >= 11 is 0. The Labute approximate surface area is 126 Å². The molecule has 4 heteroatoms. The number of nitrogens with one attached hydrogen (secondary N) is 1. The first kappa shape index (κ1) is 14.7. The second-order valence-corrected chi connectivity index (χ2v) is 6.33. The van der Waals surface area contributed by atoms with Crippen LogP contribution < -0.4 is 14.8 Å². The van der Waals surface area contributed by atoms with E-state index in [9.17, 15) is 0 Å². The van der Waals surface area contributed by atoms with Gasteiger partial charge in [0.25, 0.3) is 0 Å². The topological polar surface area (TPSA) is 50.7 Å². The highest BCUT2D eigenvalue weighted by molar-refractivity contribution is 5.44. The molecule has 1 atom stereocenters. The van der Waals surface area contributed by atoms with Crippen LogP contribution in [-0.4, -0.2) is 31.5 Å². The Hall–Kier alpha value is -1.26. The number of rotatable bonds is 6. The van der Waals surface area contributed by atoms with Gasteiger partial charge in [0.15, 0.2) is 11.5 Å². The van der Waals surface area contributed by atoms with E-state index in [1.54, 1.807) is 0 Å². The zero-order valence-electron chi connectivity index (χ0n) is 12.7. The zero-order chi connectivity index (χ0) is 14.7. The fraction of sp³-hybridized carbons (Fsp3) is 0.647. The Bertz CT molecular complexity index is 485. The van der Waals surface area contributed by atoms with E-state index in [0.29, 0.717) is 12.0 Å². The van der Waals surface area contributed by atoms with Crippen LogP contribution in [0.1, 0.15) is 44.2 Å². The predicted molar refractivity (Wildman–Crippen MR) is 81.8 cm³/mol. The Morgan fingerprint density at radius 1 is 1.24 bits per heavy atom. The Kier molecular flexibility index (Phi) is 4.36. The van der Waals surface area contributed by atoms with E-state index in [-0.39, 0.29) is 6.04 Å². The van der Waals surface area contributed by atoms with Gasteiger partial charge in [-0.3, -0.25) is 0 Å². The normalized spacial score (nSPS) is 20.7. The number of aliphatic hydroxyl groups excluding tert-OH is 1. The lowest BCUT2D eigenvalue weighted by Gasteiger charge is -2.20. The standard InChI is InChI=1S/C17H25NO3/c1-13(18-12-17(5-6-17)7-8-19)14-3-4-15-16(11-14)21-10-2-9-20-15/h3-4,11,13,18-19H,2,5-10,12H2,1H3. The van der Waals surface area contributed by atoms with Crippen LogP contribution in [-0.2, 0) is 0 Å². The van der Waals surface area contributed by atoms with E-state index in [4.69, 9.17) is 14.6 Å². The van der Waals surface area contributed by atoms with Crippen molar-refractivity contribution in [1.82, 2.24) is 5.32 Å². The van der Waals surface area contributed by atoms with Gasteiger partial charge >= 0.3 is 0 Å². The van der Waals surface area contributed by atoms with Crippen LogP contribution in [0.15, 0.2) is 18.2 Å².